The molecule has 0 unspecified atom stereocenters. The molecule has 0 radical (unpaired) electrons. The molecule has 0 saturated carbocycles. The van der Waals surface area contributed by atoms with E-state index in [1.807, 2.05) is 6.07 Å². The Labute approximate surface area is 116 Å². The van der Waals surface area contributed by atoms with E-state index in [4.69, 9.17) is 9.47 Å². The van der Waals surface area contributed by atoms with Gasteiger partial charge in [-0.2, -0.15) is 0 Å². The molecule has 1 saturated heterocycles. The van der Waals surface area contributed by atoms with E-state index >= 15 is 0 Å². The molecule has 1 aromatic rings. The molecule has 3 heteroatoms. The lowest BCUT2D eigenvalue weighted by molar-refractivity contribution is 0.0269. The molecule has 1 aliphatic heterocycles. The molecule has 106 valence electrons. The summed E-state index contributed by atoms with van der Waals surface area (Å²) >= 11 is 0. The summed E-state index contributed by atoms with van der Waals surface area (Å²) in [6.45, 7) is 7.94. The van der Waals surface area contributed by atoms with Gasteiger partial charge in [0, 0.05) is 6.42 Å². The Morgan fingerprint density at radius 2 is 1.89 bits per heavy atom. The number of hydrogen-bond acceptors (Lipinski definition) is 3. The monoisotopic (exact) mass is 263 g/mol. The van der Waals surface area contributed by atoms with Crippen LogP contribution in [0.15, 0.2) is 18.2 Å². The molecule has 1 N–H and O–H groups in total. The number of rotatable bonds is 6. The summed E-state index contributed by atoms with van der Waals surface area (Å²) in [4.78, 5) is 0. The van der Waals surface area contributed by atoms with Crippen LogP contribution in [0.25, 0.3) is 0 Å². The number of benzene rings is 1. The maximum absolute atomic E-state index is 5.84. The zero-order valence-electron chi connectivity index (χ0n) is 12.1. The lowest BCUT2D eigenvalue weighted by atomic mass is 10.1. The maximum Gasteiger partial charge on any atom is 0.119 e. The number of ether oxygens (including phenoxy) is 2. The van der Waals surface area contributed by atoms with Gasteiger partial charge < -0.3 is 14.8 Å². The van der Waals surface area contributed by atoms with Gasteiger partial charge in [0.25, 0.3) is 0 Å². The number of piperidine rings is 1. The standard InChI is InChI=1S/C16H25NO2/c1-13-4-5-16(12-14(13)2)19-11-3-10-18-15-6-8-17-9-7-15/h4-5,12,15,17H,3,6-11H2,1-2H3. The summed E-state index contributed by atoms with van der Waals surface area (Å²) in [5, 5.41) is 3.34. The van der Waals surface area contributed by atoms with Gasteiger partial charge in [-0.1, -0.05) is 6.07 Å². The molecule has 2 rings (SSSR count). The summed E-state index contributed by atoms with van der Waals surface area (Å²) in [5.41, 5.74) is 2.59. The molecule has 0 aliphatic carbocycles. The summed E-state index contributed by atoms with van der Waals surface area (Å²) in [5.74, 6) is 0.963. The van der Waals surface area contributed by atoms with Gasteiger partial charge in [0.1, 0.15) is 5.75 Å². The highest BCUT2D eigenvalue weighted by Gasteiger charge is 2.12. The van der Waals surface area contributed by atoms with Crippen molar-refractivity contribution in [2.75, 3.05) is 26.3 Å². The second-order valence-corrected chi connectivity index (χ2v) is 5.27. The van der Waals surface area contributed by atoms with Crippen LogP contribution in [-0.2, 0) is 4.74 Å². The first-order valence-corrected chi connectivity index (χ1v) is 7.28. The van der Waals surface area contributed by atoms with E-state index in [2.05, 4.69) is 31.3 Å². The maximum atomic E-state index is 5.84. The van der Waals surface area contributed by atoms with Crippen LogP contribution in [0.3, 0.4) is 0 Å². The van der Waals surface area contributed by atoms with E-state index in [1.54, 1.807) is 0 Å². The predicted octanol–water partition coefficient (Wildman–Crippen LogP) is 2.84. The van der Waals surface area contributed by atoms with Crippen LogP contribution in [-0.4, -0.2) is 32.4 Å². The van der Waals surface area contributed by atoms with Crippen LogP contribution in [0.4, 0.5) is 0 Å². The number of hydrogen-bond donors (Lipinski definition) is 1. The third kappa shape index (κ3) is 4.84. The van der Waals surface area contributed by atoms with Crippen molar-refractivity contribution in [3.8, 4) is 5.75 Å². The molecule has 1 heterocycles. The Kier molecular flexibility index (Phi) is 5.67. The first-order chi connectivity index (χ1) is 9.25. The first kappa shape index (κ1) is 14.4. The van der Waals surface area contributed by atoms with Crippen molar-refractivity contribution in [2.45, 2.75) is 39.2 Å². The lowest BCUT2D eigenvalue weighted by Gasteiger charge is -2.22. The van der Waals surface area contributed by atoms with Gasteiger partial charge in [0.15, 0.2) is 0 Å². The van der Waals surface area contributed by atoms with Crippen LogP contribution in [0.1, 0.15) is 30.4 Å². The van der Waals surface area contributed by atoms with Gasteiger partial charge in [0.2, 0.25) is 0 Å². The van der Waals surface area contributed by atoms with E-state index < -0.39 is 0 Å². The summed E-state index contributed by atoms with van der Waals surface area (Å²) in [7, 11) is 0. The fourth-order valence-electron chi connectivity index (χ4n) is 2.26. The third-order valence-electron chi connectivity index (χ3n) is 3.68. The van der Waals surface area contributed by atoms with Gasteiger partial charge in [-0.15, -0.1) is 0 Å². The number of aryl methyl sites for hydroxylation is 2. The molecule has 3 nitrogen and oxygen atoms in total. The van der Waals surface area contributed by atoms with Crippen LogP contribution >= 0.6 is 0 Å². The van der Waals surface area contributed by atoms with Crippen LogP contribution < -0.4 is 10.1 Å². The predicted molar refractivity (Wildman–Crippen MR) is 77.9 cm³/mol. The molecule has 0 amide bonds. The molecule has 0 aromatic heterocycles. The molecule has 0 spiro atoms. The molecular formula is C16H25NO2. The molecular weight excluding hydrogens is 238 g/mol. The molecule has 1 aliphatic rings. The fourth-order valence-corrected chi connectivity index (χ4v) is 2.26. The van der Waals surface area contributed by atoms with Gasteiger partial charge in [-0.25, -0.2) is 0 Å². The Morgan fingerprint density at radius 1 is 1.11 bits per heavy atom. The minimum absolute atomic E-state index is 0.447. The van der Waals surface area contributed by atoms with Crippen molar-refractivity contribution < 1.29 is 9.47 Å². The Bertz CT molecular complexity index is 386. The Hall–Kier alpha value is -1.06. The van der Waals surface area contributed by atoms with Gasteiger partial charge >= 0.3 is 0 Å². The van der Waals surface area contributed by atoms with Crippen molar-refractivity contribution >= 4 is 0 Å². The van der Waals surface area contributed by atoms with E-state index in [-0.39, 0.29) is 0 Å². The number of nitrogens with one attached hydrogen (secondary N) is 1. The minimum Gasteiger partial charge on any atom is -0.493 e. The topological polar surface area (TPSA) is 30.5 Å². The zero-order chi connectivity index (χ0) is 13.5. The average Bonchev–Trinajstić information content (AvgIpc) is 2.43. The van der Waals surface area contributed by atoms with Crippen LogP contribution in [0.5, 0.6) is 5.75 Å². The smallest absolute Gasteiger partial charge is 0.119 e. The van der Waals surface area contributed by atoms with Crippen molar-refractivity contribution in [1.82, 2.24) is 5.32 Å². The molecule has 0 atom stereocenters. The van der Waals surface area contributed by atoms with E-state index in [1.165, 1.54) is 11.1 Å². The van der Waals surface area contributed by atoms with E-state index in [0.29, 0.717) is 6.10 Å². The zero-order valence-corrected chi connectivity index (χ0v) is 12.1. The highest BCUT2D eigenvalue weighted by Crippen LogP contribution is 2.16. The quantitative estimate of drug-likeness (QED) is 0.801. The van der Waals surface area contributed by atoms with Crippen LogP contribution in [0, 0.1) is 13.8 Å². The third-order valence-corrected chi connectivity index (χ3v) is 3.68. The Balaban J connectivity index is 1.59. The average molecular weight is 263 g/mol. The van der Waals surface area contributed by atoms with Crippen molar-refractivity contribution in [1.29, 1.82) is 0 Å². The molecule has 1 aromatic carbocycles. The summed E-state index contributed by atoms with van der Waals surface area (Å²) in [6, 6.07) is 6.25. The minimum atomic E-state index is 0.447. The van der Waals surface area contributed by atoms with E-state index in [0.717, 1.165) is 51.3 Å². The summed E-state index contributed by atoms with van der Waals surface area (Å²) < 4.78 is 11.6. The van der Waals surface area contributed by atoms with Gasteiger partial charge in [-0.3, -0.25) is 0 Å². The van der Waals surface area contributed by atoms with Crippen molar-refractivity contribution in [3.63, 3.8) is 0 Å². The van der Waals surface area contributed by atoms with Crippen LogP contribution in [0.2, 0.25) is 0 Å². The van der Waals surface area contributed by atoms with Crippen molar-refractivity contribution in [2.24, 2.45) is 0 Å². The Morgan fingerprint density at radius 3 is 2.63 bits per heavy atom. The van der Waals surface area contributed by atoms with Gasteiger partial charge in [-0.05, 0) is 63.0 Å². The van der Waals surface area contributed by atoms with Crippen molar-refractivity contribution in [3.05, 3.63) is 29.3 Å². The van der Waals surface area contributed by atoms with Gasteiger partial charge in [0.05, 0.1) is 19.3 Å². The molecule has 19 heavy (non-hydrogen) atoms. The largest absolute Gasteiger partial charge is 0.493 e. The normalized spacial score (nSPS) is 16.5. The SMILES string of the molecule is Cc1ccc(OCCCOC2CCNCC2)cc1C. The highest BCUT2D eigenvalue weighted by atomic mass is 16.5. The second kappa shape index (κ2) is 7.51. The summed E-state index contributed by atoms with van der Waals surface area (Å²) in [6.07, 6.45) is 3.68. The highest BCUT2D eigenvalue weighted by molar-refractivity contribution is 5.33. The second-order valence-electron chi connectivity index (χ2n) is 5.27. The lowest BCUT2D eigenvalue weighted by Crippen LogP contribution is -2.32. The fraction of sp³-hybridized carbons (Fsp3) is 0.625. The van der Waals surface area contributed by atoms with E-state index in [9.17, 15) is 0 Å². The molecule has 1 fully saturated rings. The first-order valence-electron chi connectivity index (χ1n) is 7.28. The molecule has 0 bridgehead atoms.